The molecule has 0 fully saturated rings. The van der Waals surface area contributed by atoms with Crippen molar-refractivity contribution in [3.05, 3.63) is 66.6 Å². The molecule has 0 bridgehead atoms. The molecule has 0 aliphatic rings. The van der Waals surface area contributed by atoms with Crippen molar-refractivity contribution < 1.29 is 9.90 Å². The molecular formula is C20H20N4O2. The van der Waals surface area contributed by atoms with Crippen LogP contribution in [0.4, 0.5) is 10.5 Å². The molecule has 132 valence electrons. The van der Waals surface area contributed by atoms with Crippen LogP contribution in [-0.4, -0.2) is 21.2 Å². The number of anilines is 1. The molecule has 0 radical (unpaired) electrons. The summed E-state index contributed by atoms with van der Waals surface area (Å²) in [5.74, 6) is 0. The van der Waals surface area contributed by atoms with Crippen molar-refractivity contribution in [1.82, 2.24) is 15.3 Å². The first kappa shape index (κ1) is 17.4. The number of nitrogens with zero attached hydrogens (tertiary/aromatic N) is 2. The van der Waals surface area contributed by atoms with E-state index in [-0.39, 0.29) is 0 Å². The van der Waals surface area contributed by atoms with Crippen LogP contribution >= 0.6 is 0 Å². The van der Waals surface area contributed by atoms with Crippen molar-refractivity contribution in [3.63, 3.8) is 0 Å². The van der Waals surface area contributed by atoms with Gasteiger partial charge >= 0.3 is 6.09 Å². The van der Waals surface area contributed by atoms with Crippen molar-refractivity contribution in [2.24, 2.45) is 0 Å². The van der Waals surface area contributed by atoms with Gasteiger partial charge in [0.25, 0.3) is 0 Å². The van der Waals surface area contributed by atoms with Crippen LogP contribution in [0.5, 0.6) is 0 Å². The number of benzene rings is 1. The second-order valence-electron chi connectivity index (χ2n) is 6.52. The zero-order valence-corrected chi connectivity index (χ0v) is 14.6. The first-order valence-corrected chi connectivity index (χ1v) is 8.16. The van der Waals surface area contributed by atoms with Crippen molar-refractivity contribution >= 4 is 11.8 Å². The standard InChI is InChI=1S/C20H20N4O2/c1-20(2,24-19(25)26)17-9-8-14(11-22-17)18-16(10-15(21)12-23-18)13-6-4-3-5-7-13/h3-12,24H,21H2,1-2H3,(H,25,26). The molecule has 0 atom stereocenters. The lowest BCUT2D eigenvalue weighted by Crippen LogP contribution is -2.40. The summed E-state index contributed by atoms with van der Waals surface area (Å²) < 4.78 is 0. The lowest BCUT2D eigenvalue weighted by atomic mass is 9.97. The number of carbonyl (C=O) groups is 1. The number of hydrogen-bond acceptors (Lipinski definition) is 4. The van der Waals surface area contributed by atoms with Gasteiger partial charge < -0.3 is 16.2 Å². The number of pyridine rings is 2. The number of nitrogen functional groups attached to an aromatic ring is 1. The van der Waals surface area contributed by atoms with Gasteiger partial charge in [0.1, 0.15) is 0 Å². The Morgan fingerprint density at radius 1 is 1.04 bits per heavy atom. The van der Waals surface area contributed by atoms with Crippen LogP contribution in [0.3, 0.4) is 0 Å². The van der Waals surface area contributed by atoms with E-state index in [1.165, 1.54) is 0 Å². The first-order valence-electron chi connectivity index (χ1n) is 8.16. The van der Waals surface area contributed by atoms with Gasteiger partial charge in [0.05, 0.1) is 28.8 Å². The molecule has 0 aliphatic heterocycles. The van der Waals surface area contributed by atoms with Crippen LogP contribution < -0.4 is 11.1 Å². The third-order valence-corrected chi connectivity index (χ3v) is 4.09. The van der Waals surface area contributed by atoms with E-state index in [4.69, 9.17) is 10.8 Å². The third kappa shape index (κ3) is 3.64. The molecule has 3 aromatic rings. The molecule has 0 saturated carbocycles. The number of carboxylic acid groups (broad SMARTS) is 1. The predicted octanol–water partition coefficient (Wildman–Crippen LogP) is 3.90. The van der Waals surface area contributed by atoms with Gasteiger partial charge in [-0.2, -0.15) is 0 Å². The minimum Gasteiger partial charge on any atom is -0.465 e. The summed E-state index contributed by atoms with van der Waals surface area (Å²) in [7, 11) is 0. The Labute approximate surface area is 151 Å². The highest BCUT2D eigenvalue weighted by atomic mass is 16.4. The minimum absolute atomic E-state index is 0.587. The summed E-state index contributed by atoms with van der Waals surface area (Å²) in [6, 6.07) is 15.5. The molecule has 6 nitrogen and oxygen atoms in total. The van der Waals surface area contributed by atoms with Crippen LogP contribution in [-0.2, 0) is 5.54 Å². The molecule has 2 aromatic heterocycles. The Hall–Kier alpha value is -3.41. The molecule has 6 heteroatoms. The summed E-state index contributed by atoms with van der Waals surface area (Å²) in [5.41, 5.74) is 9.89. The summed E-state index contributed by atoms with van der Waals surface area (Å²) >= 11 is 0. The van der Waals surface area contributed by atoms with Crippen LogP contribution in [0, 0.1) is 0 Å². The van der Waals surface area contributed by atoms with Crippen LogP contribution in [0.25, 0.3) is 22.4 Å². The molecule has 0 unspecified atom stereocenters. The lowest BCUT2D eigenvalue weighted by molar-refractivity contribution is 0.181. The summed E-state index contributed by atoms with van der Waals surface area (Å²) in [6.07, 6.45) is 2.23. The number of nitrogens with two attached hydrogens (primary N) is 1. The largest absolute Gasteiger partial charge is 0.465 e. The van der Waals surface area contributed by atoms with E-state index in [1.807, 2.05) is 42.5 Å². The average Bonchev–Trinajstić information content (AvgIpc) is 2.61. The number of rotatable bonds is 4. The van der Waals surface area contributed by atoms with E-state index >= 15 is 0 Å². The highest BCUT2D eigenvalue weighted by Gasteiger charge is 2.24. The Balaban J connectivity index is 2.02. The normalized spacial score (nSPS) is 11.2. The maximum atomic E-state index is 10.9. The molecule has 0 spiro atoms. The number of nitrogens with one attached hydrogen (secondary N) is 1. The molecule has 1 aromatic carbocycles. The fourth-order valence-corrected chi connectivity index (χ4v) is 2.78. The van der Waals surface area contributed by atoms with Crippen LogP contribution in [0.15, 0.2) is 60.9 Å². The van der Waals surface area contributed by atoms with Gasteiger partial charge in [0.15, 0.2) is 0 Å². The zero-order chi connectivity index (χ0) is 18.7. The van der Waals surface area contributed by atoms with Crippen molar-refractivity contribution in [1.29, 1.82) is 0 Å². The Morgan fingerprint density at radius 3 is 2.38 bits per heavy atom. The SMILES string of the molecule is CC(C)(NC(=O)O)c1ccc(-c2ncc(N)cc2-c2ccccc2)cn1. The fraction of sp³-hybridized carbons (Fsp3) is 0.150. The van der Waals surface area contributed by atoms with E-state index < -0.39 is 11.6 Å². The topological polar surface area (TPSA) is 101 Å². The highest BCUT2D eigenvalue weighted by molar-refractivity contribution is 5.82. The molecule has 4 N–H and O–H groups in total. The zero-order valence-electron chi connectivity index (χ0n) is 14.6. The highest BCUT2D eigenvalue weighted by Crippen LogP contribution is 2.32. The fourth-order valence-electron chi connectivity index (χ4n) is 2.78. The summed E-state index contributed by atoms with van der Waals surface area (Å²) in [5, 5.41) is 11.4. The predicted molar refractivity (Wildman–Crippen MR) is 102 cm³/mol. The monoisotopic (exact) mass is 348 g/mol. The van der Waals surface area contributed by atoms with E-state index in [0.717, 1.165) is 22.4 Å². The van der Waals surface area contributed by atoms with Gasteiger partial charge in [-0.3, -0.25) is 9.97 Å². The maximum absolute atomic E-state index is 10.9. The molecule has 2 heterocycles. The van der Waals surface area contributed by atoms with Gasteiger partial charge in [-0.15, -0.1) is 0 Å². The van der Waals surface area contributed by atoms with Crippen LogP contribution in [0.1, 0.15) is 19.5 Å². The average molecular weight is 348 g/mol. The third-order valence-electron chi connectivity index (χ3n) is 4.09. The van der Waals surface area contributed by atoms with Crippen molar-refractivity contribution in [2.75, 3.05) is 5.73 Å². The molecular weight excluding hydrogens is 328 g/mol. The molecule has 3 rings (SSSR count). The van der Waals surface area contributed by atoms with Gasteiger partial charge in [-0.1, -0.05) is 30.3 Å². The number of hydrogen-bond donors (Lipinski definition) is 3. The number of aromatic nitrogens is 2. The van der Waals surface area contributed by atoms with Crippen molar-refractivity contribution in [3.8, 4) is 22.4 Å². The van der Waals surface area contributed by atoms with E-state index in [1.54, 1.807) is 32.3 Å². The van der Waals surface area contributed by atoms with E-state index in [2.05, 4.69) is 15.3 Å². The maximum Gasteiger partial charge on any atom is 0.405 e. The quantitative estimate of drug-likeness (QED) is 0.664. The van der Waals surface area contributed by atoms with Crippen molar-refractivity contribution in [2.45, 2.75) is 19.4 Å². The molecule has 0 aliphatic carbocycles. The molecule has 26 heavy (non-hydrogen) atoms. The Morgan fingerprint density at radius 2 is 1.77 bits per heavy atom. The summed E-state index contributed by atoms with van der Waals surface area (Å²) in [6.45, 7) is 3.53. The minimum atomic E-state index is -1.09. The number of amides is 1. The van der Waals surface area contributed by atoms with Gasteiger partial charge in [0, 0.05) is 17.3 Å². The van der Waals surface area contributed by atoms with Gasteiger partial charge in [-0.25, -0.2) is 4.79 Å². The van der Waals surface area contributed by atoms with E-state index in [9.17, 15) is 4.79 Å². The first-order chi connectivity index (χ1) is 12.4. The van der Waals surface area contributed by atoms with Crippen LogP contribution in [0.2, 0.25) is 0 Å². The van der Waals surface area contributed by atoms with Gasteiger partial charge in [0.2, 0.25) is 0 Å². The second-order valence-corrected chi connectivity index (χ2v) is 6.52. The second kappa shape index (κ2) is 6.84. The molecule has 0 saturated heterocycles. The smallest absolute Gasteiger partial charge is 0.405 e. The molecule has 1 amide bonds. The summed E-state index contributed by atoms with van der Waals surface area (Å²) in [4.78, 5) is 19.9. The van der Waals surface area contributed by atoms with Gasteiger partial charge in [-0.05, 0) is 37.6 Å². The van der Waals surface area contributed by atoms with E-state index in [0.29, 0.717) is 11.4 Å². The Bertz CT molecular complexity index is 922. The Kier molecular flexibility index (Phi) is 4.58. The lowest BCUT2D eigenvalue weighted by Gasteiger charge is -2.24.